The molecule has 1 aromatic heterocycles. The maximum absolute atomic E-state index is 13.4. The second-order valence-electron chi connectivity index (χ2n) is 8.91. The molecule has 1 saturated heterocycles. The van der Waals surface area contributed by atoms with Gasteiger partial charge in [-0.1, -0.05) is 30.7 Å². The molecule has 0 bridgehead atoms. The molecule has 1 aliphatic heterocycles. The molecule has 0 radical (unpaired) electrons. The molecule has 1 aliphatic carbocycles. The van der Waals surface area contributed by atoms with Gasteiger partial charge in [0, 0.05) is 50.4 Å². The van der Waals surface area contributed by atoms with Gasteiger partial charge in [-0.2, -0.15) is 18.3 Å². The van der Waals surface area contributed by atoms with Crippen LogP contribution in [0.2, 0.25) is 5.02 Å². The van der Waals surface area contributed by atoms with E-state index in [4.69, 9.17) is 11.6 Å². The van der Waals surface area contributed by atoms with Crippen LogP contribution in [0.5, 0.6) is 0 Å². The zero-order valence-electron chi connectivity index (χ0n) is 18.8. The quantitative estimate of drug-likeness (QED) is 0.680. The minimum absolute atomic E-state index is 0.0903. The maximum Gasteiger partial charge on any atom is 0.401 e. The zero-order chi connectivity index (χ0) is 23.8. The fraction of sp³-hybridized carbons (Fsp3) is 0.565. The van der Waals surface area contributed by atoms with Crippen molar-refractivity contribution in [3.8, 4) is 0 Å². The molecule has 10 heteroatoms. The zero-order valence-corrected chi connectivity index (χ0v) is 19.6. The number of carbonyl (C=O) groups is 1. The van der Waals surface area contributed by atoms with Crippen LogP contribution in [0, 0.1) is 0 Å². The lowest BCUT2D eigenvalue weighted by molar-refractivity contribution is -0.135. The average molecular weight is 484 g/mol. The van der Waals surface area contributed by atoms with Crippen LogP contribution in [0.15, 0.2) is 24.3 Å². The van der Waals surface area contributed by atoms with E-state index in [1.807, 2.05) is 11.7 Å². The van der Waals surface area contributed by atoms with E-state index in [0.29, 0.717) is 42.7 Å². The van der Waals surface area contributed by atoms with Crippen LogP contribution in [-0.4, -0.2) is 66.0 Å². The highest BCUT2D eigenvalue weighted by Crippen LogP contribution is 2.39. The summed E-state index contributed by atoms with van der Waals surface area (Å²) in [6, 6.07) is 6.72. The van der Waals surface area contributed by atoms with Crippen molar-refractivity contribution < 1.29 is 18.0 Å². The Bertz CT molecular complexity index is 983. The van der Waals surface area contributed by atoms with Gasteiger partial charge in [0.05, 0.1) is 18.2 Å². The van der Waals surface area contributed by atoms with Crippen LogP contribution in [0.4, 0.5) is 19.0 Å². The number of amides is 1. The molecule has 0 spiro atoms. The Labute approximate surface area is 196 Å². The van der Waals surface area contributed by atoms with Gasteiger partial charge in [-0.3, -0.25) is 9.48 Å². The van der Waals surface area contributed by atoms with Crippen LogP contribution >= 0.6 is 11.6 Å². The molecule has 1 amide bonds. The van der Waals surface area contributed by atoms with Gasteiger partial charge in [-0.05, 0) is 36.5 Å². The molecule has 4 rings (SSSR count). The fourth-order valence-electron chi connectivity index (χ4n) is 4.91. The molecule has 2 unspecified atom stereocenters. The van der Waals surface area contributed by atoms with Crippen molar-refractivity contribution in [2.24, 2.45) is 7.05 Å². The Hall–Kier alpha value is -2.26. The van der Waals surface area contributed by atoms with Gasteiger partial charge in [0.2, 0.25) is 5.91 Å². The Morgan fingerprint density at radius 2 is 1.88 bits per heavy atom. The molecule has 2 aromatic rings. The lowest BCUT2D eigenvalue weighted by Gasteiger charge is -2.38. The second-order valence-corrected chi connectivity index (χ2v) is 9.35. The van der Waals surface area contributed by atoms with Gasteiger partial charge in [0.25, 0.3) is 0 Å². The summed E-state index contributed by atoms with van der Waals surface area (Å²) in [7, 11) is 1.96. The first-order chi connectivity index (χ1) is 15.6. The Morgan fingerprint density at radius 1 is 1.21 bits per heavy atom. The monoisotopic (exact) mass is 483 g/mol. The fourth-order valence-corrected chi connectivity index (χ4v) is 5.03. The molecule has 1 fully saturated rings. The molecular formula is C23H29ClF3N5O. The van der Waals surface area contributed by atoms with Gasteiger partial charge >= 0.3 is 6.18 Å². The molecule has 2 aliphatic rings. The molecule has 1 aromatic carbocycles. The van der Waals surface area contributed by atoms with E-state index < -0.39 is 18.6 Å². The van der Waals surface area contributed by atoms with E-state index in [-0.39, 0.29) is 12.5 Å². The number of alkyl halides is 3. The maximum atomic E-state index is 13.4. The number of benzene rings is 1. The van der Waals surface area contributed by atoms with E-state index in [9.17, 15) is 18.0 Å². The number of carbonyl (C=O) groups excluding carboxylic acids is 1. The highest BCUT2D eigenvalue weighted by atomic mass is 35.5. The Morgan fingerprint density at radius 3 is 2.52 bits per heavy atom. The van der Waals surface area contributed by atoms with E-state index in [2.05, 4.69) is 22.2 Å². The minimum atomic E-state index is -4.33. The van der Waals surface area contributed by atoms with Crippen molar-refractivity contribution in [2.75, 3.05) is 44.2 Å². The summed E-state index contributed by atoms with van der Waals surface area (Å²) in [4.78, 5) is 17.4. The SMILES string of the molecule is CC1CCc2nn(C)c(N3CCN(C(=O)C(CNCC(F)(F)F)c4ccc(Cl)cc4)CC3)c21. The number of rotatable bonds is 6. The third kappa shape index (κ3) is 5.30. The van der Waals surface area contributed by atoms with Crippen LogP contribution < -0.4 is 10.2 Å². The normalized spacial score (nSPS) is 19.6. The molecule has 33 heavy (non-hydrogen) atoms. The molecule has 2 atom stereocenters. The number of hydrogen-bond acceptors (Lipinski definition) is 4. The summed E-state index contributed by atoms with van der Waals surface area (Å²) in [6.07, 6.45) is -2.23. The number of aryl methyl sites for hydroxylation is 2. The third-order valence-corrected chi connectivity index (χ3v) is 6.82. The smallest absolute Gasteiger partial charge is 0.353 e. The van der Waals surface area contributed by atoms with E-state index in [1.165, 1.54) is 5.56 Å². The lowest BCUT2D eigenvalue weighted by Crippen LogP contribution is -2.51. The van der Waals surface area contributed by atoms with Crippen LogP contribution in [0.25, 0.3) is 0 Å². The van der Waals surface area contributed by atoms with Gasteiger partial charge in [-0.25, -0.2) is 0 Å². The van der Waals surface area contributed by atoms with Gasteiger partial charge in [-0.15, -0.1) is 0 Å². The molecule has 6 nitrogen and oxygen atoms in total. The van der Waals surface area contributed by atoms with Crippen molar-refractivity contribution in [3.63, 3.8) is 0 Å². The number of fused-ring (bicyclic) bond motifs is 1. The summed E-state index contributed by atoms with van der Waals surface area (Å²) in [5.74, 6) is 0.716. The minimum Gasteiger partial charge on any atom is -0.353 e. The summed E-state index contributed by atoms with van der Waals surface area (Å²) < 4.78 is 39.9. The molecule has 1 N–H and O–H groups in total. The first kappa shape index (κ1) is 23.9. The predicted octanol–water partition coefficient (Wildman–Crippen LogP) is 3.71. The summed E-state index contributed by atoms with van der Waals surface area (Å²) in [5.41, 5.74) is 3.13. The second kappa shape index (κ2) is 9.54. The number of nitrogens with one attached hydrogen (secondary N) is 1. The highest BCUT2D eigenvalue weighted by Gasteiger charge is 2.34. The molecular weight excluding hydrogens is 455 g/mol. The standard InChI is InChI=1S/C23H29ClF3N5O/c1-15-3-8-19-20(15)21(30(2)29-19)31-9-11-32(12-10-31)22(33)18(13-28-14-23(25,26)27)16-4-6-17(24)7-5-16/h4-7,15,18,28H,3,8-14H2,1-2H3. The average Bonchev–Trinajstić information content (AvgIpc) is 3.29. The van der Waals surface area contributed by atoms with E-state index in [0.717, 1.165) is 24.4 Å². The highest BCUT2D eigenvalue weighted by molar-refractivity contribution is 6.30. The van der Waals surface area contributed by atoms with Crippen molar-refractivity contribution in [2.45, 2.75) is 37.8 Å². The Balaban J connectivity index is 1.45. The van der Waals surface area contributed by atoms with Crippen LogP contribution in [-0.2, 0) is 18.3 Å². The first-order valence-corrected chi connectivity index (χ1v) is 11.6. The van der Waals surface area contributed by atoms with Crippen molar-refractivity contribution in [1.82, 2.24) is 20.0 Å². The molecule has 0 saturated carbocycles. The Kier molecular flexibility index (Phi) is 6.91. The van der Waals surface area contributed by atoms with Crippen LogP contribution in [0.3, 0.4) is 0 Å². The molecule has 2 heterocycles. The number of aromatic nitrogens is 2. The summed E-state index contributed by atoms with van der Waals surface area (Å²) >= 11 is 5.96. The number of halogens is 4. The van der Waals surface area contributed by atoms with Crippen molar-refractivity contribution in [3.05, 3.63) is 46.1 Å². The van der Waals surface area contributed by atoms with Crippen molar-refractivity contribution >= 4 is 23.3 Å². The lowest BCUT2D eigenvalue weighted by atomic mass is 9.97. The number of anilines is 1. The predicted molar refractivity (Wildman–Crippen MR) is 122 cm³/mol. The topological polar surface area (TPSA) is 53.4 Å². The molecule has 180 valence electrons. The van der Waals surface area contributed by atoms with E-state index >= 15 is 0 Å². The van der Waals surface area contributed by atoms with Gasteiger partial charge in [0.1, 0.15) is 5.82 Å². The number of hydrogen-bond donors (Lipinski definition) is 1. The number of nitrogens with zero attached hydrogens (tertiary/aromatic N) is 4. The van der Waals surface area contributed by atoms with Gasteiger partial charge < -0.3 is 15.1 Å². The third-order valence-electron chi connectivity index (χ3n) is 6.57. The summed E-state index contributed by atoms with van der Waals surface area (Å²) in [5, 5.41) is 7.60. The first-order valence-electron chi connectivity index (χ1n) is 11.3. The number of piperazine rings is 1. The van der Waals surface area contributed by atoms with E-state index in [1.54, 1.807) is 29.2 Å². The summed E-state index contributed by atoms with van der Waals surface area (Å²) in [6.45, 7) is 3.34. The van der Waals surface area contributed by atoms with Crippen LogP contribution in [0.1, 0.15) is 42.0 Å². The van der Waals surface area contributed by atoms with Crippen molar-refractivity contribution in [1.29, 1.82) is 0 Å². The largest absolute Gasteiger partial charge is 0.401 e. The van der Waals surface area contributed by atoms with Gasteiger partial charge in [0.15, 0.2) is 0 Å².